The fraction of sp³-hybridized carbons (Fsp3) is 0.364. The van der Waals surface area contributed by atoms with E-state index < -0.39 is 5.97 Å². The summed E-state index contributed by atoms with van der Waals surface area (Å²) in [6.07, 6.45) is 2.25. The van der Waals surface area contributed by atoms with Gasteiger partial charge in [-0.15, -0.1) is 0 Å². The van der Waals surface area contributed by atoms with Crippen molar-refractivity contribution in [1.29, 1.82) is 0 Å². The zero-order valence-corrected chi connectivity index (χ0v) is 15.6. The van der Waals surface area contributed by atoms with E-state index in [2.05, 4.69) is 6.92 Å². The highest BCUT2D eigenvalue weighted by atomic mass is 16.4. The summed E-state index contributed by atoms with van der Waals surface area (Å²) in [5, 5.41) is 8.71. The monoisotopic (exact) mass is 340 g/mol. The average Bonchev–Trinajstić information content (AvgIpc) is 2.56. The summed E-state index contributed by atoms with van der Waals surface area (Å²) in [4.78, 5) is 21.7. The van der Waals surface area contributed by atoms with Gasteiger partial charge >= 0.3 is 5.97 Å². The molecular formula is C22H28O3. The minimum atomic E-state index is -0.756. The Morgan fingerprint density at radius 2 is 1.52 bits per heavy atom. The van der Waals surface area contributed by atoms with Gasteiger partial charge in [0.15, 0.2) is 5.78 Å². The Hall–Kier alpha value is -2.42. The highest BCUT2D eigenvalue weighted by Gasteiger charge is 2.23. The Balaban J connectivity index is 0.000000251. The Labute approximate surface area is 150 Å². The van der Waals surface area contributed by atoms with Crippen LogP contribution in [-0.4, -0.2) is 16.9 Å². The maximum absolute atomic E-state index is 11.1. The van der Waals surface area contributed by atoms with Crippen LogP contribution in [0.15, 0.2) is 54.6 Å². The number of aliphatic carboxylic acids is 1. The molecule has 0 amide bonds. The van der Waals surface area contributed by atoms with Crippen molar-refractivity contribution in [3.8, 4) is 0 Å². The van der Waals surface area contributed by atoms with Gasteiger partial charge < -0.3 is 5.11 Å². The smallest absolute Gasteiger partial charge is 0.304 e. The van der Waals surface area contributed by atoms with Gasteiger partial charge in [-0.3, -0.25) is 9.59 Å². The number of carboxylic acids is 1. The fourth-order valence-electron chi connectivity index (χ4n) is 2.72. The zero-order valence-electron chi connectivity index (χ0n) is 15.6. The summed E-state index contributed by atoms with van der Waals surface area (Å²) in [5.41, 5.74) is 2.83. The number of hydrogen-bond donors (Lipinski definition) is 1. The second-order valence-corrected chi connectivity index (χ2v) is 6.78. The topological polar surface area (TPSA) is 54.4 Å². The molecule has 0 saturated carbocycles. The largest absolute Gasteiger partial charge is 0.481 e. The lowest BCUT2D eigenvalue weighted by atomic mass is 9.82. The van der Waals surface area contributed by atoms with Gasteiger partial charge in [-0.2, -0.15) is 0 Å². The van der Waals surface area contributed by atoms with Gasteiger partial charge in [0, 0.05) is 11.0 Å². The van der Waals surface area contributed by atoms with Gasteiger partial charge in [-0.25, -0.2) is 0 Å². The zero-order chi connectivity index (χ0) is 18.9. The molecule has 1 N–H and O–H groups in total. The molecule has 3 nitrogen and oxygen atoms in total. The highest BCUT2D eigenvalue weighted by Crippen LogP contribution is 2.26. The number of rotatable bonds is 6. The normalized spacial score (nSPS) is 10.6. The number of carbonyl (C=O) groups is 2. The number of aryl methyl sites for hydroxylation is 1. The lowest BCUT2D eigenvalue weighted by Gasteiger charge is -2.22. The van der Waals surface area contributed by atoms with E-state index >= 15 is 0 Å². The van der Waals surface area contributed by atoms with Crippen LogP contribution >= 0.6 is 0 Å². The molecule has 0 fully saturated rings. The van der Waals surface area contributed by atoms with Crippen LogP contribution in [0.4, 0.5) is 0 Å². The van der Waals surface area contributed by atoms with E-state index in [-0.39, 0.29) is 17.6 Å². The van der Waals surface area contributed by atoms with Crippen LogP contribution in [0.5, 0.6) is 0 Å². The predicted octanol–water partition coefficient (Wildman–Crippen LogP) is 5.28. The molecule has 2 aromatic rings. The lowest BCUT2D eigenvalue weighted by Crippen LogP contribution is -2.21. The van der Waals surface area contributed by atoms with Crippen LogP contribution in [0.3, 0.4) is 0 Å². The molecule has 3 heteroatoms. The molecule has 25 heavy (non-hydrogen) atoms. The highest BCUT2D eigenvalue weighted by molar-refractivity contribution is 5.95. The Bertz CT molecular complexity index is 687. The quantitative estimate of drug-likeness (QED) is 0.728. The summed E-state index contributed by atoms with van der Waals surface area (Å²) in [6, 6.07) is 17.5. The summed E-state index contributed by atoms with van der Waals surface area (Å²) in [5.74, 6) is -0.590. The minimum absolute atomic E-state index is 0.164. The maximum atomic E-state index is 11.1. The third-order valence-corrected chi connectivity index (χ3v) is 4.06. The Morgan fingerprint density at radius 3 is 2.04 bits per heavy atom. The molecule has 0 saturated heterocycles. The number of hydrogen-bond acceptors (Lipinski definition) is 2. The van der Waals surface area contributed by atoms with Crippen molar-refractivity contribution in [1.82, 2.24) is 0 Å². The van der Waals surface area contributed by atoms with Crippen molar-refractivity contribution in [3.63, 3.8) is 0 Å². The van der Waals surface area contributed by atoms with Gasteiger partial charge in [0.2, 0.25) is 0 Å². The molecule has 0 unspecified atom stereocenters. The van der Waals surface area contributed by atoms with E-state index in [0.29, 0.717) is 0 Å². The molecule has 0 atom stereocenters. The summed E-state index contributed by atoms with van der Waals surface area (Å²) in [7, 11) is 0. The van der Waals surface area contributed by atoms with Crippen molar-refractivity contribution in [3.05, 3.63) is 71.3 Å². The van der Waals surface area contributed by atoms with Crippen LogP contribution in [0.1, 0.15) is 62.0 Å². The molecular weight excluding hydrogens is 312 g/mol. The Kier molecular flexibility index (Phi) is 8.06. The molecule has 0 heterocycles. The van der Waals surface area contributed by atoms with Gasteiger partial charge in [0.05, 0.1) is 6.42 Å². The van der Waals surface area contributed by atoms with E-state index in [1.165, 1.54) is 5.56 Å². The van der Waals surface area contributed by atoms with Crippen molar-refractivity contribution in [2.75, 3.05) is 0 Å². The molecule has 134 valence electrons. The number of ketones is 1. The van der Waals surface area contributed by atoms with Crippen molar-refractivity contribution < 1.29 is 14.7 Å². The lowest BCUT2D eigenvalue weighted by molar-refractivity contribution is -0.138. The standard InChI is InChI=1S/C11H14O2.C11H14O/c1-11(2,8-10(12)13)9-6-4-3-5-7-9;1-3-6-10-7-4-5-8-11(10)9(2)12/h3-7H,8H2,1-2H3,(H,12,13);4-5,7-8H,3,6H2,1-2H3. The molecule has 0 aromatic heterocycles. The number of carbonyl (C=O) groups excluding carboxylic acids is 1. The third kappa shape index (κ3) is 6.92. The SMILES string of the molecule is CC(C)(CC(=O)O)c1ccccc1.CCCc1ccccc1C(C)=O. The number of Topliss-reactive ketones (excluding diaryl/α,β-unsaturated/α-hetero) is 1. The number of carboxylic acid groups (broad SMARTS) is 1. The average molecular weight is 340 g/mol. The molecule has 0 spiro atoms. The first kappa shape index (κ1) is 20.6. The molecule has 0 aliphatic rings. The van der Waals surface area contributed by atoms with Crippen LogP contribution in [0.25, 0.3) is 0 Å². The van der Waals surface area contributed by atoms with Crippen LogP contribution in [0, 0.1) is 0 Å². The molecule has 2 rings (SSSR count). The van der Waals surface area contributed by atoms with Crippen molar-refractivity contribution in [2.24, 2.45) is 0 Å². The van der Waals surface area contributed by atoms with Crippen molar-refractivity contribution in [2.45, 2.75) is 52.4 Å². The molecule has 0 bridgehead atoms. The first-order valence-corrected chi connectivity index (χ1v) is 8.64. The van der Waals surface area contributed by atoms with E-state index in [9.17, 15) is 9.59 Å². The molecule has 0 radical (unpaired) electrons. The number of benzene rings is 2. The summed E-state index contributed by atoms with van der Waals surface area (Å²) >= 11 is 0. The van der Waals surface area contributed by atoms with Crippen LogP contribution in [0.2, 0.25) is 0 Å². The van der Waals surface area contributed by atoms with Gasteiger partial charge in [0.1, 0.15) is 0 Å². The molecule has 0 aliphatic carbocycles. The predicted molar refractivity (Wildman–Crippen MR) is 102 cm³/mol. The molecule has 2 aromatic carbocycles. The summed E-state index contributed by atoms with van der Waals surface area (Å²) in [6.45, 7) is 7.62. The second kappa shape index (κ2) is 9.77. The van der Waals surface area contributed by atoms with Crippen molar-refractivity contribution >= 4 is 11.8 Å². The van der Waals surface area contributed by atoms with E-state index in [1.54, 1.807) is 6.92 Å². The fourth-order valence-corrected chi connectivity index (χ4v) is 2.72. The summed E-state index contributed by atoms with van der Waals surface area (Å²) < 4.78 is 0. The third-order valence-electron chi connectivity index (χ3n) is 4.06. The van der Waals surface area contributed by atoms with Gasteiger partial charge in [-0.05, 0) is 24.5 Å². The second-order valence-electron chi connectivity index (χ2n) is 6.78. The first-order chi connectivity index (χ1) is 11.8. The van der Waals surface area contributed by atoms with Crippen LogP contribution < -0.4 is 0 Å². The van der Waals surface area contributed by atoms with E-state index in [0.717, 1.165) is 24.0 Å². The van der Waals surface area contributed by atoms with E-state index in [4.69, 9.17) is 5.11 Å². The van der Waals surface area contributed by atoms with Crippen LogP contribution in [-0.2, 0) is 16.6 Å². The Morgan fingerprint density at radius 1 is 0.960 bits per heavy atom. The first-order valence-electron chi connectivity index (χ1n) is 8.64. The van der Waals surface area contributed by atoms with Gasteiger partial charge in [0.25, 0.3) is 0 Å². The van der Waals surface area contributed by atoms with Gasteiger partial charge in [-0.1, -0.05) is 81.8 Å². The maximum Gasteiger partial charge on any atom is 0.304 e. The minimum Gasteiger partial charge on any atom is -0.481 e. The van der Waals surface area contributed by atoms with E-state index in [1.807, 2.05) is 68.4 Å². The molecule has 0 aliphatic heterocycles.